The first-order chi connectivity index (χ1) is 6.24. The van der Waals surface area contributed by atoms with Crippen molar-refractivity contribution < 1.29 is 5.11 Å². The van der Waals surface area contributed by atoms with Crippen LogP contribution in [0, 0.1) is 0 Å². The standard InChI is InChI=1S/C9H9NOS2/c10-6-4-13-8-2-1-7(12)5(3-11)9(6)8/h1-2,4,11-12H,3,10H2. The number of anilines is 1. The van der Waals surface area contributed by atoms with E-state index in [1.807, 2.05) is 17.5 Å². The zero-order valence-corrected chi connectivity index (χ0v) is 8.53. The smallest absolute Gasteiger partial charge is 0.0699 e. The van der Waals surface area contributed by atoms with Crippen molar-refractivity contribution in [3.63, 3.8) is 0 Å². The second kappa shape index (κ2) is 3.21. The normalized spacial score (nSPS) is 10.9. The van der Waals surface area contributed by atoms with Gasteiger partial charge in [0.25, 0.3) is 0 Å². The Labute approximate surface area is 85.4 Å². The summed E-state index contributed by atoms with van der Waals surface area (Å²) in [5.74, 6) is 0. The summed E-state index contributed by atoms with van der Waals surface area (Å²) in [4.78, 5) is 0.792. The maximum Gasteiger partial charge on any atom is 0.0699 e. The summed E-state index contributed by atoms with van der Waals surface area (Å²) < 4.78 is 1.10. The van der Waals surface area contributed by atoms with Crippen LogP contribution in [0.2, 0.25) is 0 Å². The van der Waals surface area contributed by atoms with E-state index in [4.69, 9.17) is 10.8 Å². The van der Waals surface area contributed by atoms with E-state index in [9.17, 15) is 0 Å². The number of hydrogen-bond acceptors (Lipinski definition) is 4. The topological polar surface area (TPSA) is 46.2 Å². The van der Waals surface area contributed by atoms with Gasteiger partial charge in [-0.25, -0.2) is 0 Å². The van der Waals surface area contributed by atoms with E-state index in [2.05, 4.69) is 12.6 Å². The molecule has 0 fully saturated rings. The Morgan fingerprint density at radius 3 is 2.92 bits per heavy atom. The highest BCUT2D eigenvalue weighted by Crippen LogP contribution is 2.34. The van der Waals surface area contributed by atoms with E-state index in [0.717, 1.165) is 26.2 Å². The zero-order chi connectivity index (χ0) is 9.42. The van der Waals surface area contributed by atoms with Gasteiger partial charge in [-0.2, -0.15) is 0 Å². The lowest BCUT2D eigenvalue weighted by molar-refractivity contribution is 0.280. The molecule has 0 aliphatic heterocycles. The molecule has 1 aromatic carbocycles. The largest absolute Gasteiger partial charge is 0.398 e. The van der Waals surface area contributed by atoms with E-state index in [1.165, 1.54) is 0 Å². The summed E-state index contributed by atoms with van der Waals surface area (Å²) in [5, 5.41) is 12.0. The Bertz CT molecular complexity index is 450. The van der Waals surface area contributed by atoms with E-state index < -0.39 is 0 Å². The fourth-order valence-corrected chi connectivity index (χ4v) is 2.51. The Morgan fingerprint density at radius 1 is 1.46 bits per heavy atom. The van der Waals surface area contributed by atoms with Crippen molar-refractivity contribution in [3.05, 3.63) is 23.1 Å². The molecular formula is C9H9NOS2. The number of benzene rings is 1. The fourth-order valence-electron chi connectivity index (χ4n) is 1.38. The van der Waals surface area contributed by atoms with Gasteiger partial charge in [0.15, 0.2) is 0 Å². The number of hydrogen-bond donors (Lipinski definition) is 3. The molecule has 0 aliphatic carbocycles. The first kappa shape index (κ1) is 8.87. The molecule has 0 amide bonds. The van der Waals surface area contributed by atoms with Crippen LogP contribution in [0.15, 0.2) is 22.4 Å². The maximum absolute atomic E-state index is 9.16. The monoisotopic (exact) mass is 211 g/mol. The fraction of sp³-hybridized carbons (Fsp3) is 0.111. The minimum atomic E-state index is -0.0168. The molecule has 0 saturated heterocycles. The summed E-state index contributed by atoms with van der Waals surface area (Å²) in [5.41, 5.74) is 7.33. The van der Waals surface area contributed by atoms with Crippen LogP contribution in [0.25, 0.3) is 10.1 Å². The highest BCUT2D eigenvalue weighted by Gasteiger charge is 2.08. The molecule has 0 spiro atoms. The minimum absolute atomic E-state index is 0.0168. The molecule has 3 N–H and O–H groups in total. The Hall–Kier alpha value is -0.710. The molecule has 4 heteroatoms. The van der Waals surface area contributed by atoms with Crippen LogP contribution in [0.4, 0.5) is 5.69 Å². The quantitative estimate of drug-likeness (QED) is 0.634. The molecule has 2 nitrogen and oxygen atoms in total. The minimum Gasteiger partial charge on any atom is -0.398 e. The first-order valence-corrected chi connectivity index (χ1v) is 5.15. The number of nitrogen functional groups attached to an aromatic ring is 1. The van der Waals surface area contributed by atoms with Crippen LogP contribution < -0.4 is 5.73 Å². The summed E-state index contributed by atoms with van der Waals surface area (Å²) in [6.07, 6.45) is 0. The molecule has 13 heavy (non-hydrogen) atoms. The van der Waals surface area contributed by atoms with Crippen molar-refractivity contribution in [1.82, 2.24) is 0 Å². The predicted molar refractivity (Wildman–Crippen MR) is 59.4 cm³/mol. The third kappa shape index (κ3) is 1.31. The lowest BCUT2D eigenvalue weighted by atomic mass is 10.1. The lowest BCUT2D eigenvalue weighted by Gasteiger charge is -2.03. The van der Waals surface area contributed by atoms with E-state index in [1.54, 1.807) is 11.3 Å². The third-order valence-electron chi connectivity index (χ3n) is 2.01. The Balaban J connectivity index is 2.88. The second-order valence-corrected chi connectivity index (χ2v) is 4.18. The lowest BCUT2D eigenvalue weighted by Crippen LogP contribution is -1.90. The first-order valence-electron chi connectivity index (χ1n) is 3.82. The van der Waals surface area contributed by atoms with Crippen LogP contribution in [0.5, 0.6) is 0 Å². The molecule has 68 valence electrons. The van der Waals surface area contributed by atoms with E-state index in [0.29, 0.717) is 0 Å². The van der Waals surface area contributed by atoms with Gasteiger partial charge in [-0.05, 0) is 12.1 Å². The van der Waals surface area contributed by atoms with Crippen molar-refractivity contribution in [3.8, 4) is 0 Å². The van der Waals surface area contributed by atoms with Gasteiger partial charge in [0.2, 0.25) is 0 Å². The molecule has 0 atom stereocenters. The Kier molecular flexibility index (Phi) is 2.19. The van der Waals surface area contributed by atoms with E-state index >= 15 is 0 Å². The van der Waals surface area contributed by atoms with Gasteiger partial charge in [-0.1, -0.05) is 0 Å². The number of fused-ring (bicyclic) bond motifs is 1. The van der Waals surface area contributed by atoms with Crippen LogP contribution in [-0.2, 0) is 6.61 Å². The van der Waals surface area contributed by atoms with Gasteiger partial charge in [-0.15, -0.1) is 24.0 Å². The highest BCUT2D eigenvalue weighted by molar-refractivity contribution is 7.80. The number of thiophene rings is 1. The highest BCUT2D eigenvalue weighted by atomic mass is 32.1. The van der Waals surface area contributed by atoms with Crippen LogP contribution in [-0.4, -0.2) is 5.11 Å². The molecule has 0 saturated carbocycles. The van der Waals surface area contributed by atoms with Gasteiger partial charge in [0, 0.05) is 25.9 Å². The van der Waals surface area contributed by atoms with Gasteiger partial charge >= 0.3 is 0 Å². The second-order valence-electron chi connectivity index (χ2n) is 2.79. The van der Waals surface area contributed by atoms with Crippen molar-refractivity contribution >= 4 is 39.7 Å². The van der Waals surface area contributed by atoms with Crippen molar-refractivity contribution in [2.24, 2.45) is 0 Å². The molecular weight excluding hydrogens is 202 g/mol. The molecule has 0 radical (unpaired) electrons. The zero-order valence-electron chi connectivity index (χ0n) is 6.82. The Morgan fingerprint density at radius 2 is 2.23 bits per heavy atom. The van der Waals surface area contributed by atoms with Gasteiger partial charge < -0.3 is 10.8 Å². The molecule has 0 aliphatic rings. The number of thiol groups is 1. The number of aliphatic hydroxyl groups excluding tert-OH is 1. The molecule has 0 unspecified atom stereocenters. The molecule has 2 aromatic rings. The SMILES string of the molecule is Nc1csc2ccc(S)c(CO)c12. The average Bonchev–Trinajstić information content (AvgIpc) is 2.49. The van der Waals surface area contributed by atoms with Gasteiger partial charge in [0.05, 0.1) is 12.3 Å². The molecule has 2 rings (SSSR count). The van der Waals surface area contributed by atoms with E-state index in [-0.39, 0.29) is 6.61 Å². The van der Waals surface area contributed by atoms with Crippen LogP contribution in [0.1, 0.15) is 5.56 Å². The molecule has 0 bridgehead atoms. The average molecular weight is 211 g/mol. The number of nitrogens with two attached hydrogens (primary N) is 1. The van der Waals surface area contributed by atoms with Gasteiger partial charge in [-0.3, -0.25) is 0 Å². The number of rotatable bonds is 1. The maximum atomic E-state index is 9.16. The van der Waals surface area contributed by atoms with Crippen molar-refractivity contribution in [2.75, 3.05) is 5.73 Å². The predicted octanol–water partition coefficient (Wildman–Crippen LogP) is 2.26. The number of aliphatic hydroxyl groups is 1. The van der Waals surface area contributed by atoms with Gasteiger partial charge in [0.1, 0.15) is 0 Å². The van der Waals surface area contributed by atoms with Crippen molar-refractivity contribution in [2.45, 2.75) is 11.5 Å². The summed E-state index contributed by atoms with van der Waals surface area (Å²) in [7, 11) is 0. The summed E-state index contributed by atoms with van der Waals surface area (Å²) in [6.45, 7) is -0.0168. The molecule has 1 heterocycles. The molecule has 1 aromatic heterocycles. The summed E-state index contributed by atoms with van der Waals surface area (Å²) in [6, 6.07) is 3.85. The van der Waals surface area contributed by atoms with Crippen LogP contribution in [0.3, 0.4) is 0 Å². The summed E-state index contributed by atoms with van der Waals surface area (Å²) >= 11 is 5.85. The third-order valence-corrected chi connectivity index (χ3v) is 3.39. The van der Waals surface area contributed by atoms with Crippen LogP contribution >= 0.6 is 24.0 Å². The van der Waals surface area contributed by atoms with Crippen molar-refractivity contribution in [1.29, 1.82) is 0 Å².